The number of benzene rings is 1. The Bertz CT molecular complexity index is 678. The predicted octanol–water partition coefficient (Wildman–Crippen LogP) is 3.45. The molecule has 0 aliphatic carbocycles. The largest absolute Gasteiger partial charge is 0.450 e. The van der Waals surface area contributed by atoms with Gasteiger partial charge in [-0.25, -0.2) is 4.79 Å². The number of hydrogen-bond donors (Lipinski definition) is 1. The Kier molecular flexibility index (Phi) is 4.80. The molecule has 2 rings (SSSR count). The highest BCUT2D eigenvalue weighted by molar-refractivity contribution is 9.10. The van der Waals surface area contributed by atoms with Crippen LogP contribution in [0.5, 0.6) is 0 Å². The van der Waals surface area contributed by atoms with Gasteiger partial charge in [0.2, 0.25) is 5.76 Å². The molecule has 110 valence electrons. The summed E-state index contributed by atoms with van der Waals surface area (Å²) < 4.78 is 10.3. The molecule has 0 bridgehead atoms. The molecule has 0 atom stereocenters. The van der Waals surface area contributed by atoms with Crippen molar-refractivity contribution in [1.29, 1.82) is 0 Å². The molecule has 0 radical (unpaired) electrons. The number of amides is 1. The molecule has 2 aromatic rings. The quantitative estimate of drug-likeness (QED) is 0.856. The maximum atomic E-state index is 11.8. The van der Waals surface area contributed by atoms with E-state index in [2.05, 4.69) is 21.2 Å². The van der Waals surface area contributed by atoms with Crippen LogP contribution in [0.4, 0.5) is 5.69 Å². The van der Waals surface area contributed by atoms with Gasteiger partial charge in [0.25, 0.3) is 5.91 Å². The Hall–Kier alpha value is -2.08. The fraction of sp³-hybridized carbons (Fsp3) is 0.200. The van der Waals surface area contributed by atoms with Gasteiger partial charge in [-0.2, -0.15) is 0 Å². The van der Waals surface area contributed by atoms with Crippen molar-refractivity contribution in [3.63, 3.8) is 0 Å². The maximum Gasteiger partial charge on any atom is 0.374 e. The molecule has 0 saturated heterocycles. The Labute approximate surface area is 130 Å². The van der Waals surface area contributed by atoms with Gasteiger partial charge in [0.05, 0.1) is 0 Å². The van der Waals surface area contributed by atoms with E-state index in [0.29, 0.717) is 10.4 Å². The number of nitrogens with one attached hydrogen (secondary N) is 1. The van der Waals surface area contributed by atoms with Crippen LogP contribution in [-0.2, 0) is 9.53 Å². The minimum absolute atomic E-state index is 0.0430. The highest BCUT2D eigenvalue weighted by Gasteiger charge is 2.14. The van der Waals surface area contributed by atoms with Crippen molar-refractivity contribution >= 4 is 33.5 Å². The topological polar surface area (TPSA) is 68.5 Å². The third kappa shape index (κ3) is 3.95. The minimum atomic E-state index is -0.684. The SMILES string of the molecule is Cc1cccc(NC(=O)COC(=O)c2ccc(Br)o2)c1C. The van der Waals surface area contributed by atoms with Gasteiger partial charge in [-0.1, -0.05) is 12.1 Å². The van der Waals surface area contributed by atoms with Crippen molar-refractivity contribution in [3.8, 4) is 0 Å². The Balaban J connectivity index is 1.90. The summed E-state index contributed by atoms with van der Waals surface area (Å²) in [5.41, 5.74) is 2.76. The van der Waals surface area contributed by atoms with E-state index in [1.807, 2.05) is 26.0 Å². The predicted molar refractivity (Wildman–Crippen MR) is 81.2 cm³/mol. The second kappa shape index (κ2) is 6.58. The van der Waals surface area contributed by atoms with Crippen LogP contribution >= 0.6 is 15.9 Å². The van der Waals surface area contributed by atoms with Gasteiger partial charge in [0.1, 0.15) is 0 Å². The standard InChI is InChI=1S/C15H14BrNO4/c1-9-4-3-5-11(10(9)2)17-14(18)8-20-15(19)12-6-7-13(16)21-12/h3-7H,8H2,1-2H3,(H,17,18). The molecular formula is C15H14BrNO4. The van der Waals surface area contributed by atoms with Crippen LogP contribution in [0.3, 0.4) is 0 Å². The lowest BCUT2D eigenvalue weighted by Crippen LogP contribution is -2.21. The van der Waals surface area contributed by atoms with Crippen LogP contribution in [0.2, 0.25) is 0 Å². The smallest absolute Gasteiger partial charge is 0.374 e. The zero-order valence-corrected chi connectivity index (χ0v) is 13.2. The lowest BCUT2D eigenvalue weighted by atomic mass is 10.1. The Morgan fingerprint density at radius 1 is 1.24 bits per heavy atom. The highest BCUT2D eigenvalue weighted by atomic mass is 79.9. The number of rotatable bonds is 4. The zero-order chi connectivity index (χ0) is 15.4. The summed E-state index contributed by atoms with van der Waals surface area (Å²) in [6, 6.07) is 8.65. The number of anilines is 1. The third-order valence-corrected chi connectivity index (χ3v) is 3.41. The molecule has 1 aromatic heterocycles. The number of aryl methyl sites for hydroxylation is 1. The molecule has 0 unspecified atom stereocenters. The molecule has 0 saturated carbocycles. The first-order valence-electron chi connectivity index (χ1n) is 6.26. The second-order valence-corrected chi connectivity index (χ2v) is 5.26. The van der Waals surface area contributed by atoms with Crippen molar-refractivity contribution in [2.24, 2.45) is 0 Å². The van der Waals surface area contributed by atoms with Gasteiger partial charge in [-0.15, -0.1) is 0 Å². The normalized spacial score (nSPS) is 10.2. The van der Waals surface area contributed by atoms with Crippen LogP contribution in [0, 0.1) is 13.8 Å². The molecule has 5 nitrogen and oxygen atoms in total. The van der Waals surface area contributed by atoms with E-state index in [1.165, 1.54) is 6.07 Å². The molecule has 1 N–H and O–H groups in total. The number of halogens is 1. The van der Waals surface area contributed by atoms with Crippen LogP contribution in [0.15, 0.2) is 39.4 Å². The first-order valence-corrected chi connectivity index (χ1v) is 7.05. The Morgan fingerprint density at radius 3 is 2.67 bits per heavy atom. The average molecular weight is 352 g/mol. The van der Waals surface area contributed by atoms with Crippen LogP contribution in [0.1, 0.15) is 21.7 Å². The number of esters is 1. The zero-order valence-electron chi connectivity index (χ0n) is 11.6. The minimum Gasteiger partial charge on any atom is -0.450 e. The number of ether oxygens (including phenoxy) is 1. The summed E-state index contributed by atoms with van der Waals surface area (Å²) in [6.07, 6.45) is 0. The summed E-state index contributed by atoms with van der Waals surface area (Å²) in [6.45, 7) is 3.50. The van der Waals surface area contributed by atoms with Gasteiger partial charge >= 0.3 is 5.97 Å². The summed E-state index contributed by atoms with van der Waals surface area (Å²) in [5, 5.41) is 2.71. The first-order chi connectivity index (χ1) is 9.97. The number of hydrogen-bond acceptors (Lipinski definition) is 4. The molecule has 0 fully saturated rings. The van der Waals surface area contributed by atoms with Crippen molar-refractivity contribution in [2.45, 2.75) is 13.8 Å². The number of furan rings is 1. The fourth-order valence-corrected chi connectivity index (χ4v) is 2.01. The van der Waals surface area contributed by atoms with Crippen LogP contribution < -0.4 is 5.32 Å². The van der Waals surface area contributed by atoms with Gasteiger partial charge < -0.3 is 14.5 Å². The van der Waals surface area contributed by atoms with Crippen molar-refractivity contribution in [3.05, 3.63) is 51.9 Å². The number of carbonyl (C=O) groups is 2. The summed E-state index contributed by atoms with van der Waals surface area (Å²) >= 11 is 3.09. The maximum absolute atomic E-state index is 11.8. The van der Waals surface area contributed by atoms with Gasteiger partial charge in [0, 0.05) is 5.69 Å². The Morgan fingerprint density at radius 2 is 2.00 bits per heavy atom. The molecule has 0 aliphatic rings. The second-order valence-electron chi connectivity index (χ2n) is 4.48. The van der Waals surface area contributed by atoms with E-state index < -0.39 is 11.9 Å². The molecule has 6 heteroatoms. The van der Waals surface area contributed by atoms with Gasteiger partial charge in [0.15, 0.2) is 11.3 Å². The molecule has 1 heterocycles. The van der Waals surface area contributed by atoms with Gasteiger partial charge in [-0.3, -0.25) is 4.79 Å². The molecule has 1 aromatic carbocycles. The monoisotopic (exact) mass is 351 g/mol. The molecular weight excluding hydrogens is 338 g/mol. The van der Waals surface area contributed by atoms with E-state index >= 15 is 0 Å². The van der Waals surface area contributed by atoms with Crippen molar-refractivity contribution in [1.82, 2.24) is 0 Å². The lowest BCUT2D eigenvalue weighted by molar-refractivity contribution is -0.119. The first kappa shape index (κ1) is 15.3. The van der Waals surface area contributed by atoms with Crippen molar-refractivity contribution < 1.29 is 18.7 Å². The molecule has 21 heavy (non-hydrogen) atoms. The average Bonchev–Trinajstić information content (AvgIpc) is 2.88. The van der Waals surface area contributed by atoms with Crippen LogP contribution in [0.25, 0.3) is 0 Å². The van der Waals surface area contributed by atoms with E-state index in [-0.39, 0.29) is 12.4 Å². The van der Waals surface area contributed by atoms with Crippen LogP contribution in [-0.4, -0.2) is 18.5 Å². The summed E-state index contributed by atoms with van der Waals surface area (Å²) in [7, 11) is 0. The molecule has 0 aliphatic heterocycles. The summed E-state index contributed by atoms with van der Waals surface area (Å²) in [4.78, 5) is 23.4. The third-order valence-electron chi connectivity index (χ3n) is 2.99. The lowest BCUT2D eigenvalue weighted by Gasteiger charge is -2.10. The van der Waals surface area contributed by atoms with E-state index in [1.54, 1.807) is 12.1 Å². The van der Waals surface area contributed by atoms with Crippen molar-refractivity contribution in [2.75, 3.05) is 11.9 Å². The molecule has 1 amide bonds. The van der Waals surface area contributed by atoms with Gasteiger partial charge in [-0.05, 0) is 59.1 Å². The molecule has 0 spiro atoms. The van der Waals surface area contributed by atoms with E-state index in [4.69, 9.17) is 9.15 Å². The fourth-order valence-electron chi connectivity index (χ4n) is 1.70. The van der Waals surface area contributed by atoms with E-state index in [9.17, 15) is 9.59 Å². The van der Waals surface area contributed by atoms with E-state index in [0.717, 1.165) is 11.1 Å². The number of carbonyl (C=O) groups excluding carboxylic acids is 2. The summed E-state index contributed by atoms with van der Waals surface area (Å²) in [5.74, 6) is -1.04. The highest BCUT2D eigenvalue weighted by Crippen LogP contribution is 2.18.